The molecule has 2 heterocycles. The third-order valence-corrected chi connectivity index (χ3v) is 2.48. The van der Waals surface area contributed by atoms with E-state index in [0.717, 1.165) is 5.56 Å². The Labute approximate surface area is 80.9 Å². The molecule has 0 radical (unpaired) electrons. The average molecular weight is 193 g/mol. The first-order chi connectivity index (χ1) is 6.68. The van der Waals surface area contributed by atoms with E-state index < -0.39 is 0 Å². The summed E-state index contributed by atoms with van der Waals surface area (Å²) in [5.74, 6) is -0.185. The first-order valence-corrected chi connectivity index (χ1v) is 4.54. The van der Waals surface area contributed by atoms with Crippen LogP contribution in [-0.2, 0) is 16.1 Å². The van der Waals surface area contributed by atoms with Crippen molar-refractivity contribution in [1.29, 1.82) is 0 Å². The molecule has 1 aliphatic rings. The molecular formula is C10H11NO3. The van der Waals surface area contributed by atoms with E-state index in [1.807, 2.05) is 13.0 Å². The fourth-order valence-corrected chi connectivity index (χ4v) is 1.71. The maximum Gasteiger partial charge on any atom is 0.306 e. The van der Waals surface area contributed by atoms with Gasteiger partial charge in [0.05, 0.1) is 12.0 Å². The predicted octanol–water partition coefficient (Wildman–Crippen LogP) is 0.925. The third kappa shape index (κ3) is 1.43. The molecule has 1 aliphatic heterocycles. The van der Waals surface area contributed by atoms with Crippen LogP contribution < -0.4 is 5.56 Å². The summed E-state index contributed by atoms with van der Waals surface area (Å²) in [4.78, 5) is 25.1. The van der Waals surface area contributed by atoms with Crippen LogP contribution in [-0.4, -0.2) is 11.0 Å². The van der Waals surface area contributed by atoms with Crippen molar-refractivity contribution < 1.29 is 9.53 Å². The molecule has 0 saturated heterocycles. The van der Waals surface area contributed by atoms with E-state index in [1.54, 1.807) is 6.20 Å². The standard InChI is InChI=1S/C10H11NO3/c1-6-4-9(12)14-5-8-7(6)2-3-11-10(8)13/h2-3,6H,4-5H2,1H3,(H,11,13). The Morgan fingerprint density at radius 1 is 1.50 bits per heavy atom. The summed E-state index contributed by atoms with van der Waals surface area (Å²) in [5, 5.41) is 0. The van der Waals surface area contributed by atoms with Crippen LogP contribution in [0.5, 0.6) is 0 Å². The summed E-state index contributed by atoms with van der Waals surface area (Å²) in [6.07, 6.45) is 1.95. The second-order valence-corrected chi connectivity index (χ2v) is 3.51. The van der Waals surface area contributed by atoms with Crippen LogP contribution in [0.25, 0.3) is 0 Å². The molecule has 0 amide bonds. The van der Waals surface area contributed by atoms with Crippen LogP contribution in [0.1, 0.15) is 30.4 Å². The normalized spacial score (nSPS) is 20.9. The zero-order chi connectivity index (χ0) is 10.1. The highest BCUT2D eigenvalue weighted by Gasteiger charge is 2.22. The Hall–Kier alpha value is -1.58. The average Bonchev–Trinajstić information content (AvgIpc) is 2.28. The second-order valence-electron chi connectivity index (χ2n) is 3.51. The number of ether oxygens (including phenoxy) is 1. The Balaban J connectivity index is 2.53. The molecule has 1 N–H and O–H groups in total. The van der Waals surface area contributed by atoms with E-state index in [9.17, 15) is 9.59 Å². The number of rotatable bonds is 0. The summed E-state index contributed by atoms with van der Waals surface area (Å²) >= 11 is 0. The zero-order valence-corrected chi connectivity index (χ0v) is 7.87. The molecule has 0 bridgehead atoms. The van der Waals surface area contributed by atoms with Gasteiger partial charge in [-0.15, -0.1) is 0 Å². The minimum Gasteiger partial charge on any atom is -0.461 e. The van der Waals surface area contributed by atoms with Gasteiger partial charge < -0.3 is 9.72 Å². The number of fused-ring (bicyclic) bond motifs is 1. The lowest BCUT2D eigenvalue weighted by atomic mass is 9.96. The topological polar surface area (TPSA) is 59.2 Å². The van der Waals surface area contributed by atoms with Crippen molar-refractivity contribution >= 4 is 5.97 Å². The minimum absolute atomic E-state index is 0.0577. The lowest BCUT2D eigenvalue weighted by Gasteiger charge is -2.07. The van der Waals surface area contributed by atoms with Gasteiger partial charge in [-0.05, 0) is 17.5 Å². The Morgan fingerprint density at radius 2 is 2.29 bits per heavy atom. The number of hydrogen-bond acceptors (Lipinski definition) is 3. The number of carbonyl (C=O) groups excluding carboxylic acids is 1. The molecule has 14 heavy (non-hydrogen) atoms. The lowest BCUT2D eigenvalue weighted by Crippen LogP contribution is -2.15. The first kappa shape index (κ1) is 8.99. The van der Waals surface area contributed by atoms with Gasteiger partial charge in [0.2, 0.25) is 0 Å². The highest BCUT2D eigenvalue weighted by atomic mass is 16.5. The van der Waals surface area contributed by atoms with Gasteiger partial charge in [0.15, 0.2) is 0 Å². The molecule has 2 rings (SSSR count). The molecule has 0 aromatic carbocycles. The van der Waals surface area contributed by atoms with E-state index in [0.29, 0.717) is 12.0 Å². The molecule has 1 aromatic heterocycles. The van der Waals surface area contributed by atoms with Crippen LogP contribution in [0.15, 0.2) is 17.1 Å². The summed E-state index contributed by atoms with van der Waals surface area (Å²) in [7, 11) is 0. The molecule has 1 atom stereocenters. The summed E-state index contributed by atoms with van der Waals surface area (Å²) in [6, 6.07) is 1.84. The van der Waals surface area contributed by atoms with Crippen LogP contribution in [0.4, 0.5) is 0 Å². The van der Waals surface area contributed by atoms with Gasteiger partial charge in [-0.3, -0.25) is 9.59 Å². The Morgan fingerprint density at radius 3 is 3.07 bits per heavy atom. The number of cyclic esters (lactones) is 1. The fraction of sp³-hybridized carbons (Fsp3) is 0.400. The van der Waals surface area contributed by atoms with Crippen LogP contribution in [0.2, 0.25) is 0 Å². The van der Waals surface area contributed by atoms with E-state index in [4.69, 9.17) is 4.74 Å². The SMILES string of the molecule is CC1CC(=O)OCc2c1cc[nH]c2=O. The number of pyridine rings is 1. The van der Waals surface area contributed by atoms with Gasteiger partial charge in [-0.2, -0.15) is 0 Å². The molecule has 0 fully saturated rings. The molecule has 4 nitrogen and oxygen atoms in total. The molecular weight excluding hydrogens is 182 g/mol. The highest BCUT2D eigenvalue weighted by molar-refractivity contribution is 5.71. The largest absolute Gasteiger partial charge is 0.461 e. The van der Waals surface area contributed by atoms with Crippen molar-refractivity contribution in [2.45, 2.75) is 25.9 Å². The summed E-state index contributed by atoms with van der Waals surface area (Å²) in [5.41, 5.74) is 1.33. The van der Waals surface area contributed by atoms with E-state index in [1.165, 1.54) is 0 Å². The minimum atomic E-state index is -0.242. The molecule has 0 aliphatic carbocycles. The number of aromatic nitrogens is 1. The van der Waals surface area contributed by atoms with E-state index in [-0.39, 0.29) is 24.1 Å². The van der Waals surface area contributed by atoms with Gasteiger partial charge in [0.25, 0.3) is 5.56 Å². The van der Waals surface area contributed by atoms with Crippen molar-refractivity contribution in [2.24, 2.45) is 0 Å². The zero-order valence-electron chi connectivity index (χ0n) is 7.87. The molecule has 74 valence electrons. The quantitative estimate of drug-likeness (QED) is 0.623. The molecule has 4 heteroatoms. The number of H-pyrrole nitrogens is 1. The van der Waals surface area contributed by atoms with Gasteiger partial charge in [-0.1, -0.05) is 6.92 Å². The van der Waals surface area contributed by atoms with Crippen LogP contribution in [0, 0.1) is 0 Å². The van der Waals surface area contributed by atoms with Crippen LogP contribution >= 0.6 is 0 Å². The molecule has 1 aromatic rings. The fourth-order valence-electron chi connectivity index (χ4n) is 1.71. The lowest BCUT2D eigenvalue weighted by molar-refractivity contribution is -0.144. The number of esters is 1. The van der Waals surface area contributed by atoms with Crippen LogP contribution in [0.3, 0.4) is 0 Å². The van der Waals surface area contributed by atoms with Gasteiger partial charge in [-0.25, -0.2) is 0 Å². The summed E-state index contributed by atoms with van der Waals surface area (Å²) < 4.78 is 4.92. The Bertz CT molecular complexity index is 422. The first-order valence-electron chi connectivity index (χ1n) is 4.54. The van der Waals surface area contributed by atoms with Gasteiger partial charge in [0.1, 0.15) is 6.61 Å². The van der Waals surface area contributed by atoms with Gasteiger partial charge in [0, 0.05) is 6.20 Å². The number of aromatic amines is 1. The van der Waals surface area contributed by atoms with Crippen molar-refractivity contribution in [2.75, 3.05) is 0 Å². The molecule has 0 spiro atoms. The maximum atomic E-state index is 11.4. The predicted molar refractivity (Wildman–Crippen MR) is 49.9 cm³/mol. The van der Waals surface area contributed by atoms with E-state index in [2.05, 4.69) is 4.98 Å². The van der Waals surface area contributed by atoms with Crippen molar-refractivity contribution in [3.63, 3.8) is 0 Å². The number of carbonyl (C=O) groups is 1. The highest BCUT2D eigenvalue weighted by Crippen LogP contribution is 2.24. The van der Waals surface area contributed by atoms with Gasteiger partial charge >= 0.3 is 5.97 Å². The monoisotopic (exact) mass is 193 g/mol. The van der Waals surface area contributed by atoms with E-state index >= 15 is 0 Å². The molecule has 1 unspecified atom stereocenters. The second kappa shape index (κ2) is 3.29. The molecule has 0 saturated carbocycles. The number of hydrogen-bond donors (Lipinski definition) is 1. The van der Waals surface area contributed by atoms with Crippen molar-refractivity contribution in [1.82, 2.24) is 4.98 Å². The Kier molecular flexibility index (Phi) is 2.11. The smallest absolute Gasteiger partial charge is 0.306 e. The van der Waals surface area contributed by atoms with Crippen molar-refractivity contribution in [3.05, 3.63) is 33.7 Å². The number of nitrogens with one attached hydrogen (secondary N) is 1. The maximum absolute atomic E-state index is 11.4. The van der Waals surface area contributed by atoms with Crippen molar-refractivity contribution in [3.8, 4) is 0 Å². The third-order valence-electron chi connectivity index (χ3n) is 2.48. The summed E-state index contributed by atoms with van der Waals surface area (Å²) in [6.45, 7) is 2.01.